The number of thioether (sulfide) groups is 1. The number of nitrogens with one attached hydrogen (secondary N) is 1. The monoisotopic (exact) mass is 429 g/mol. The zero-order valence-electron chi connectivity index (χ0n) is 11.0. The second kappa shape index (κ2) is 6.64. The molecular formula is C13H9Br2N3O2S. The van der Waals surface area contributed by atoms with E-state index >= 15 is 0 Å². The lowest BCUT2D eigenvalue weighted by molar-refractivity contribution is 0.412. The number of nitrogens with zero attached hydrogens (tertiary/aromatic N) is 2. The number of halogens is 2. The first-order valence-corrected chi connectivity index (χ1v) is 8.44. The van der Waals surface area contributed by atoms with E-state index in [0.717, 1.165) is 4.47 Å². The molecule has 108 valence electrons. The Bertz CT molecular complexity index is 799. The average molecular weight is 431 g/mol. The van der Waals surface area contributed by atoms with Gasteiger partial charge >= 0.3 is 0 Å². The van der Waals surface area contributed by atoms with Crippen LogP contribution < -0.4 is 10.3 Å². The fraction of sp³-hybridized carbons (Fsp3) is 0.154. The fourth-order valence-corrected chi connectivity index (χ4v) is 3.44. The Morgan fingerprint density at radius 1 is 1.38 bits per heavy atom. The molecule has 0 unspecified atom stereocenters. The highest BCUT2D eigenvalue weighted by molar-refractivity contribution is 9.11. The van der Waals surface area contributed by atoms with Gasteiger partial charge in [0.25, 0.3) is 5.56 Å². The number of methoxy groups -OCH3 is 1. The van der Waals surface area contributed by atoms with Gasteiger partial charge in [-0.25, -0.2) is 4.98 Å². The maximum absolute atomic E-state index is 12.0. The highest BCUT2D eigenvalue weighted by Crippen LogP contribution is 2.37. The van der Waals surface area contributed by atoms with Crippen molar-refractivity contribution in [1.82, 2.24) is 9.97 Å². The molecule has 1 aromatic heterocycles. The van der Waals surface area contributed by atoms with Gasteiger partial charge in [-0.15, -0.1) is 0 Å². The summed E-state index contributed by atoms with van der Waals surface area (Å²) in [7, 11) is 1.54. The van der Waals surface area contributed by atoms with Crippen LogP contribution in [0.1, 0.15) is 5.56 Å². The molecule has 0 atom stereocenters. The molecule has 0 aliphatic heterocycles. The molecule has 0 bridgehead atoms. The van der Waals surface area contributed by atoms with Crippen molar-refractivity contribution in [3.63, 3.8) is 0 Å². The van der Waals surface area contributed by atoms with Gasteiger partial charge in [0.05, 0.1) is 17.3 Å². The van der Waals surface area contributed by atoms with Crippen LogP contribution in [0.2, 0.25) is 0 Å². The number of nitriles is 1. The van der Waals surface area contributed by atoms with E-state index in [2.05, 4.69) is 41.8 Å². The first-order chi connectivity index (χ1) is 10.0. The Balaban J connectivity index is 2.81. The predicted octanol–water partition coefficient (Wildman–Crippen LogP) is 3.56. The average Bonchev–Trinajstić information content (AvgIpc) is 2.46. The summed E-state index contributed by atoms with van der Waals surface area (Å²) in [6, 6.07) is 5.42. The van der Waals surface area contributed by atoms with Gasteiger partial charge in [0, 0.05) is 10.0 Å². The number of hydrogen-bond donors (Lipinski definition) is 1. The molecule has 0 aliphatic carbocycles. The smallest absolute Gasteiger partial charge is 0.270 e. The summed E-state index contributed by atoms with van der Waals surface area (Å²) in [6.45, 7) is 0. The molecule has 1 N–H and O–H groups in total. The molecule has 5 nitrogen and oxygen atoms in total. The molecule has 21 heavy (non-hydrogen) atoms. The van der Waals surface area contributed by atoms with Crippen molar-refractivity contribution >= 4 is 43.6 Å². The minimum atomic E-state index is -0.458. The molecule has 0 spiro atoms. The van der Waals surface area contributed by atoms with E-state index in [0.29, 0.717) is 26.6 Å². The minimum Gasteiger partial charge on any atom is -0.496 e. The van der Waals surface area contributed by atoms with Crippen LogP contribution in [0.5, 0.6) is 5.75 Å². The van der Waals surface area contributed by atoms with Crippen LogP contribution in [0, 0.1) is 11.3 Å². The molecule has 0 fully saturated rings. The van der Waals surface area contributed by atoms with Crippen molar-refractivity contribution in [1.29, 1.82) is 5.26 Å². The zero-order chi connectivity index (χ0) is 15.6. The summed E-state index contributed by atoms with van der Waals surface area (Å²) in [4.78, 5) is 18.9. The Kier molecular flexibility index (Phi) is 5.08. The lowest BCUT2D eigenvalue weighted by atomic mass is 10.1. The van der Waals surface area contributed by atoms with Crippen molar-refractivity contribution in [2.75, 3.05) is 13.4 Å². The van der Waals surface area contributed by atoms with Crippen LogP contribution in [0.3, 0.4) is 0 Å². The summed E-state index contributed by atoms with van der Waals surface area (Å²) in [6.07, 6.45) is 1.80. The van der Waals surface area contributed by atoms with E-state index < -0.39 is 5.56 Å². The zero-order valence-corrected chi connectivity index (χ0v) is 15.0. The van der Waals surface area contributed by atoms with Crippen LogP contribution in [0.4, 0.5) is 0 Å². The number of hydrogen-bond acceptors (Lipinski definition) is 5. The van der Waals surface area contributed by atoms with Crippen molar-refractivity contribution in [3.05, 3.63) is 37.0 Å². The Morgan fingerprint density at radius 3 is 2.67 bits per heavy atom. The number of ether oxygens (including phenoxy) is 1. The molecule has 0 radical (unpaired) electrons. The second-order valence-electron chi connectivity index (χ2n) is 3.88. The number of H-pyrrole nitrogens is 1. The van der Waals surface area contributed by atoms with Gasteiger partial charge < -0.3 is 9.72 Å². The molecule has 0 amide bonds. The summed E-state index contributed by atoms with van der Waals surface area (Å²) in [5, 5.41) is 9.67. The van der Waals surface area contributed by atoms with E-state index in [1.165, 1.54) is 11.8 Å². The molecule has 2 rings (SSSR count). The largest absolute Gasteiger partial charge is 0.496 e. The number of benzene rings is 1. The van der Waals surface area contributed by atoms with Crippen molar-refractivity contribution in [3.8, 4) is 23.1 Å². The van der Waals surface area contributed by atoms with Crippen LogP contribution >= 0.6 is 43.6 Å². The molecule has 8 heteroatoms. The van der Waals surface area contributed by atoms with Gasteiger partial charge in [-0.3, -0.25) is 4.79 Å². The van der Waals surface area contributed by atoms with Crippen LogP contribution in [0.15, 0.2) is 31.0 Å². The lowest BCUT2D eigenvalue weighted by Crippen LogP contribution is -2.14. The van der Waals surface area contributed by atoms with E-state index in [1.54, 1.807) is 25.5 Å². The molecule has 1 heterocycles. The quantitative estimate of drug-likeness (QED) is 0.594. The molecule has 0 saturated heterocycles. The van der Waals surface area contributed by atoms with Gasteiger partial charge in [-0.1, -0.05) is 27.7 Å². The Labute approximate surface area is 142 Å². The SMILES string of the molecule is COc1cc(-c2nc(SC)[nH]c(=O)c2C#N)c(Br)cc1Br. The van der Waals surface area contributed by atoms with Gasteiger partial charge in [0.15, 0.2) is 5.16 Å². The van der Waals surface area contributed by atoms with Crippen LogP contribution in [-0.2, 0) is 0 Å². The minimum absolute atomic E-state index is 0.0297. The summed E-state index contributed by atoms with van der Waals surface area (Å²) in [5.74, 6) is 0.588. The Morgan fingerprint density at radius 2 is 2.10 bits per heavy atom. The molecule has 1 aromatic carbocycles. The van der Waals surface area contributed by atoms with Crippen LogP contribution in [0.25, 0.3) is 11.3 Å². The first kappa shape index (κ1) is 16.1. The van der Waals surface area contributed by atoms with Gasteiger partial charge in [0.1, 0.15) is 17.4 Å². The van der Waals surface area contributed by atoms with Crippen molar-refractivity contribution < 1.29 is 4.74 Å². The van der Waals surface area contributed by atoms with E-state index in [9.17, 15) is 10.1 Å². The fourth-order valence-electron chi connectivity index (χ4n) is 1.71. The van der Waals surface area contributed by atoms with Crippen LogP contribution in [-0.4, -0.2) is 23.3 Å². The van der Waals surface area contributed by atoms with E-state index in [1.807, 2.05) is 6.07 Å². The number of rotatable bonds is 3. The summed E-state index contributed by atoms with van der Waals surface area (Å²) < 4.78 is 6.72. The van der Waals surface area contributed by atoms with E-state index in [4.69, 9.17) is 4.74 Å². The lowest BCUT2D eigenvalue weighted by Gasteiger charge is -2.10. The van der Waals surface area contributed by atoms with Gasteiger partial charge in [0.2, 0.25) is 0 Å². The third-order valence-electron chi connectivity index (χ3n) is 2.70. The van der Waals surface area contributed by atoms with E-state index in [-0.39, 0.29) is 5.56 Å². The molecule has 2 aromatic rings. The topological polar surface area (TPSA) is 78.8 Å². The third kappa shape index (κ3) is 3.15. The summed E-state index contributed by atoms with van der Waals surface area (Å²) >= 11 is 8.11. The number of aromatic nitrogens is 2. The first-order valence-electron chi connectivity index (χ1n) is 5.63. The van der Waals surface area contributed by atoms with Gasteiger partial charge in [-0.2, -0.15) is 5.26 Å². The number of aromatic amines is 1. The maximum Gasteiger partial charge on any atom is 0.270 e. The predicted molar refractivity (Wildman–Crippen MR) is 88.7 cm³/mol. The summed E-state index contributed by atoms with van der Waals surface area (Å²) in [5.41, 5.74) is 0.454. The highest BCUT2D eigenvalue weighted by Gasteiger charge is 2.17. The molecule has 0 aliphatic rings. The van der Waals surface area contributed by atoms with Crippen molar-refractivity contribution in [2.24, 2.45) is 0 Å². The maximum atomic E-state index is 12.0. The normalized spacial score (nSPS) is 10.2. The third-order valence-corrected chi connectivity index (χ3v) is 4.56. The standard InChI is InChI=1S/C13H9Br2N3O2S/c1-20-10-3-6(8(14)4-9(10)15)11-7(5-16)12(19)18-13(17-11)21-2/h3-4H,1-2H3,(H,17,18,19). The molecular weight excluding hydrogens is 422 g/mol. The highest BCUT2D eigenvalue weighted by atomic mass is 79.9. The van der Waals surface area contributed by atoms with Gasteiger partial charge in [-0.05, 0) is 34.3 Å². The second-order valence-corrected chi connectivity index (χ2v) is 6.38. The molecule has 0 saturated carbocycles. The van der Waals surface area contributed by atoms with Crippen molar-refractivity contribution in [2.45, 2.75) is 5.16 Å². The Hall–Kier alpha value is -1.30.